The van der Waals surface area contributed by atoms with Crippen LogP contribution in [0.25, 0.3) is 10.9 Å². The number of anilines is 2. The van der Waals surface area contributed by atoms with Crippen LogP contribution >= 0.6 is 0 Å². The number of para-hydroxylation sites is 1. The van der Waals surface area contributed by atoms with Crippen molar-refractivity contribution >= 4 is 28.2 Å². The molecule has 2 saturated heterocycles. The van der Waals surface area contributed by atoms with Crippen molar-refractivity contribution in [1.29, 1.82) is 0 Å². The first-order valence-corrected chi connectivity index (χ1v) is 14.6. The zero-order chi connectivity index (χ0) is 29.9. The standard InChI is InChI=1S/C32H36F2N6O3/c1-38-11-13-39(14-12-38)28-7-5-6-26(30(28)36-29-8-3-4-15-43-29)32(41)37-40-27-10-9-21(16-23(27)20-35-40)31(42-2)22-17-24(33)19-25(34)18-22/h5-7,9-10,16-20,29,31,36H,3-4,8,11-15H2,1-2H3,(H,37,41). The smallest absolute Gasteiger partial charge is 0.273 e. The lowest BCUT2D eigenvalue weighted by Crippen LogP contribution is -2.45. The van der Waals surface area contributed by atoms with E-state index in [9.17, 15) is 13.6 Å². The van der Waals surface area contributed by atoms with Crippen LogP contribution in [0.5, 0.6) is 0 Å². The molecule has 226 valence electrons. The predicted octanol–water partition coefficient (Wildman–Crippen LogP) is 5.12. The van der Waals surface area contributed by atoms with Crippen molar-refractivity contribution < 1.29 is 23.0 Å². The van der Waals surface area contributed by atoms with Gasteiger partial charge < -0.3 is 24.6 Å². The Morgan fingerprint density at radius 2 is 1.81 bits per heavy atom. The summed E-state index contributed by atoms with van der Waals surface area (Å²) < 4.78 is 39.4. The van der Waals surface area contributed by atoms with Crippen LogP contribution in [0.4, 0.5) is 20.2 Å². The third-order valence-corrected chi connectivity index (χ3v) is 8.14. The van der Waals surface area contributed by atoms with Crippen LogP contribution in [0.15, 0.2) is 60.8 Å². The number of rotatable bonds is 8. The van der Waals surface area contributed by atoms with E-state index in [0.29, 0.717) is 28.8 Å². The van der Waals surface area contributed by atoms with Crippen molar-refractivity contribution in [2.75, 3.05) is 62.6 Å². The van der Waals surface area contributed by atoms with Gasteiger partial charge in [0, 0.05) is 51.3 Å². The lowest BCUT2D eigenvalue weighted by Gasteiger charge is -2.36. The maximum absolute atomic E-state index is 13.9. The first kappa shape index (κ1) is 29.0. The molecule has 3 aromatic carbocycles. The highest BCUT2D eigenvalue weighted by Crippen LogP contribution is 2.33. The number of piperazine rings is 1. The number of hydrogen-bond acceptors (Lipinski definition) is 7. The van der Waals surface area contributed by atoms with Gasteiger partial charge in [0.05, 0.1) is 28.7 Å². The van der Waals surface area contributed by atoms with Crippen LogP contribution in [-0.2, 0) is 9.47 Å². The molecule has 11 heteroatoms. The van der Waals surface area contributed by atoms with E-state index in [0.717, 1.165) is 68.3 Å². The molecular formula is C32H36F2N6O3. The summed E-state index contributed by atoms with van der Waals surface area (Å²) in [4.78, 5) is 19.8. The minimum atomic E-state index is -0.680. The second kappa shape index (κ2) is 12.7. The summed E-state index contributed by atoms with van der Waals surface area (Å²) >= 11 is 0. The van der Waals surface area contributed by atoms with Crippen molar-refractivity contribution in [3.05, 3.63) is 89.1 Å². The first-order valence-electron chi connectivity index (χ1n) is 14.6. The molecule has 0 saturated carbocycles. The molecule has 43 heavy (non-hydrogen) atoms. The second-order valence-corrected chi connectivity index (χ2v) is 11.1. The van der Waals surface area contributed by atoms with Gasteiger partial charge >= 0.3 is 0 Å². The van der Waals surface area contributed by atoms with E-state index in [1.807, 2.05) is 18.2 Å². The number of carbonyl (C=O) groups is 1. The summed E-state index contributed by atoms with van der Waals surface area (Å²) in [7, 11) is 3.60. The molecule has 9 nitrogen and oxygen atoms in total. The summed E-state index contributed by atoms with van der Waals surface area (Å²) in [6.45, 7) is 4.29. The summed E-state index contributed by atoms with van der Waals surface area (Å²) in [5.41, 5.74) is 6.89. The molecule has 0 spiro atoms. The lowest BCUT2D eigenvalue weighted by atomic mass is 10.00. The monoisotopic (exact) mass is 590 g/mol. The van der Waals surface area contributed by atoms with Crippen LogP contribution in [0.1, 0.15) is 46.9 Å². The number of nitrogens with one attached hydrogen (secondary N) is 2. The van der Waals surface area contributed by atoms with E-state index in [1.165, 1.54) is 24.0 Å². The number of carbonyl (C=O) groups excluding carboxylic acids is 1. The number of likely N-dealkylation sites (N-methyl/N-ethyl adjacent to an activating group) is 1. The van der Waals surface area contributed by atoms with E-state index in [2.05, 4.69) is 38.8 Å². The van der Waals surface area contributed by atoms with Crippen molar-refractivity contribution in [2.45, 2.75) is 31.6 Å². The SMILES string of the molecule is COC(c1cc(F)cc(F)c1)c1ccc2c(cnn2NC(=O)c2cccc(N3CCN(C)CC3)c2NC2CCCCO2)c1. The molecule has 2 aliphatic rings. The number of nitrogens with zero attached hydrogens (tertiary/aromatic N) is 4. The minimum Gasteiger partial charge on any atom is -0.372 e. The van der Waals surface area contributed by atoms with E-state index in [-0.39, 0.29) is 12.1 Å². The zero-order valence-corrected chi connectivity index (χ0v) is 24.4. The maximum Gasteiger partial charge on any atom is 0.273 e. The molecule has 3 heterocycles. The summed E-state index contributed by atoms with van der Waals surface area (Å²) in [6.07, 6.45) is 3.75. The molecule has 2 unspecified atom stereocenters. The molecule has 2 atom stereocenters. The van der Waals surface area contributed by atoms with Crippen molar-refractivity contribution in [1.82, 2.24) is 14.8 Å². The topological polar surface area (TPSA) is 83.9 Å². The average molecular weight is 591 g/mol. The second-order valence-electron chi connectivity index (χ2n) is 11.1. The first-order chi connectivity index (χ1) is 20.9. The van der Waals surface area contributed by atoms with E-state index < -0.39 is 17.7 Å². The summed E-state index contributed by atoms with van der Waals surface area (Å²) in [6, 6.07) is 14.5. The fraction of sp³-hybridized carbons (Fsp3) is 0.375. The fourth-order valence-electron chi connectivity index (χ4n) is 5.86. The van der Waals surface area contributed by atoms with Crippen LogP contribution in [0.2, 0.25) is 0 Å². The van der Waals surface area contributed by atoms with Crippen molar-refractivity contribution in [3.63, 3.8) is 0 Å². The van der Waals surface area contributed by atoms with Crippen LogP contribution in [0, 0.1) is 11.6 Å². The predicted molar refractivity (Wildman–Crippen MR) is 162 cm³/mol. The molecular weight excluding hydrogens is 554 g/mol. The normalized spacial score (nSPS) is 18.5. The quantitative estimate of drug-likeness (QED) is 0.295. The number of fused-ring (bicyclic) bond motifs is 1. The molecule has 6 rings (SSSR count). The largest absolute Gasteiger partial charge is 0.372 e. The summed E-state index contributed by atoms with van der Waals surface area (Å²) in [5.74, 6) is -1.66. The van der Waals surface area contributed by atoms with E-state index >= 15 is 0 Å². The molecule has 4 aromatic rings. The van der Waals surface area contributed by atoms with Crippen LogP contribution in [-0.4, -0.2) is 73.9 Å². The van der Waals surface area contributed by atoms with Gasteiger partial charge in [0.1, 0.15) is 24.0 Å². The maximum atomic E-state index is 13.9. The number of ether oxygens (including phenoxy) is 2. The highest BCUT2D eigenvalue weighted by atomic mass is 19.1. The Kier molecular flexibility index (Phi) is 8.55. The van der Waals surface area contributed by atoms with Crippen LogP contribution in [0.3, 0.4) is 0 Å². The number of hydrogen-bond donors (Lipinski definition) is 2. The van der Waals surface area contributed by atoms with Gasteiger partial charge in [-0.25, -0.2) is 14.2 Å². The van der Waals surface area contributed by atoms with Gasteiger partial charge in [0.2, 0.25) is 0 Å². The van der Waals surface area contributed by atoms with Gasteiger partial charge in [-0.05, 0) is 73.8 Å². The Morgan fingerprint density at radius 3 is 2.53 bits per heavy atom. The number of halogens is 2. The fourth-order valence-corrected chi connectivity index (χ4v) is 5.86. The van der Waals surface area contributed by atoms with Crippen molar-refractivity contribution in [3.8, 4) is 0 Å². The zero-order valence-electron chi connectivity index (χ0n) is 24.4. The molecule has 2 N–H and O–H groups in total. The highest BCUT2D eigenvalue weighted by molar-refractivity contribution is 6.07. The lowest BCUT2D eigenvalue weighted by molar-refractivity contribution is 0.0343. The Morgan fingerprint density at radius 1 is 1.02 bits per heavy atom. The van der Waals surface area contributed by atoms with E-state index in [1.54, 1.807) is 18.3 Å². The number of benzene rings is 3. The molecule has 0 aliphatic carbocycles. The van der Waals surface area contributed by atoms with Gasteiger partial charge in [-0.15, -0.1) is 0 Å². The molecule has 1 aromatic heterocycles. The van der Waals surface area contributed by atoms with Gasteiger partial charge in [-0.1, -0.05) is 12.1 Å². The Bertz CT molecular complexity index is 1580. The molecule has 0 radical (unpaired) electrons. The molecule has 2 fully saturated rings. The molecule has 1 amide bonds. The summed E-state index contributed by atoms with van der Waals surface area (Å²) in [5, 5.41) is 8.69. The number of amides is 1. The minimum absolute atomic E-state index is 0.168. The van der Waals surface area contributed by atoms with Gasteiger partial charge in [-0.3, -0.25) is 4.79 Å². The van der Waals surface area contributed by atoms with E-state index in [4.69, 9.17) is 9.47 Å². The average Bonchev–Trinajstić information content (AvgIpc) is 3.40. The third-order valence-electron chi connectivity index (χ3n) is 8.14. The van der Waals surface area contributed by atoms with Crippen molar-refractivity contribution in [2.24, 2.45) is 0 Å². The Labute approximate surface area is 249 Å². The van der Waals surface area contributed by atoms with Gasteiger partial charge in [0.25, 0.3) is 5.91 Å². The number of methoxy groups -OCH3 is 1. The van der Waals surface area contributed by atoms with Gasteiger partial charge in [0.15, 0.2) is 0 Å². The Balaban J connectivity index is 1.28. The molecule has 0 bridgehead atoms. The third kappa shape index (κ3) is 6.34. The Hall–Kier alpha value is -4.06. The highest BCUT2D eigenvalue weighted by Gasteiger charge is 2.25. The van der Waals surface area contributed by atoms with Gasteiger partial charge in [-0.2, -0.15) is 9.89 Å². The van der Waals surface area contributed by atoms with Crippen LogP contribution < -0.4 is 15.6 Å². The molecule has 2 aliphatic heterocycles. The number of aromatic nitrogens is 2.